The van der Waals surface area contributed by atoms with E-state index >= 15 is 0 Å². The lowest BCUT2D eigenvalue weighted by Crippen LogP contribution is -2.19. The van der Waals surface area contributed by atoms with Crippen LogP contribution in [-0.2, 0) is 0 Å². The van der Waals surface area contributed by atoms with Crippen LogP contribution in [0, 0.1) is 0 Å². The smallest absolute Gasteiger partial charge is 0.418 e. The Morgan fingerprint density at radius 2 is 1.84 bits per heavy atom. The predicted molar refractivity (Wildman–Crippen MR) is 67.3 cm³/mol. The molecule has 0 bridgehead atoms. The van der Waals surface area contributed by atoms with Crippen molar-refractivity contribution >= 4 is 17.9 Å². The topological polar surface area (TPSA) is 88.5 Å². The second-order valence-corrected chi connectivity index (χ2v) is 3.53. The molecule has 1 aromatic heterocycles. The standard InChI is InChI=1S/C13H10N2O4/c16-12(17)10-7-4-8-14-11(10)15-13(18)19-9-5-2-1-3-6-9/h1-8H,(H,16,17)(H,14,15,18). The highest BCUT2D eigenvalue weighted by Crippen LogP contribution is 2.13. The number of nitrogens with zero attached hydrogens (tertiary/aromatic N) is 1. The first-order valence-electron chi connectivity index (χ1n) is 5.39. The Morgan fingerprint density at radius 3 is 2.53 bits per heavy atom. The minimum absolute atomic E-state index is 0.0593. The van der Waals surface area contributed by atoms with Crippen molar-refractivity contribution in [3.63, 3.8) is 0 Å². The van der Waals surface area contributed by atoms with Gasteiger partial charge in [-0.15, -0.1) is 0 Å². The van der Waals surface area contributed by atoms with E-state index in [1.165, 1.54) is 18.3 Å². The molecule has 6 heteroatoms. The summed E-state index contributed by atoms with van der Waals surface area (Å²) >= 11 is 0. The number of benzene rings is 1. The number of carboxylic acid groups (broad SMARTS) is 1. The minimum atomic E-state index is -1.18. The third-order valence-corrected chi connectivity index (χ3v) is 2.21. The average Bonchev–Trinajstić information content (AvgIpc) is 2.40. The van der Waals surface area contributed by atoms with Gasteiger partial charge in [-0.2, -0.15) is 0 Å². The maximum Gasteiger partial charge on any atom is 0.418 e. The molecule has 0 aliphatic carbocycles. The molecule has 0 unspecified atom stereocenters. The lowest BCUT2D eigenvalue weighted by atomic mass is 10.2. The van der Waals surface area contributed by atoms with Crippen LogP contribution in [0.1, 0.15) is 10.4 Å². The molecule has 0 aliphatic rings. The van der Waals surface area contributed by atoms with Gasteiger partial charge in [0.1, 0.15) is 17.1 Å². The fourth-order valence-electron chi connectivity index (χ4n) is 1.40. The number of para-hydroxylation sites is 1. The van der Waals surface area contributed by atoms with E-state index in [9.17, 15) is 9.59 Å². The second kappa shape index (κ2) is 5.63. The van der Waals surface area contributed by atoms with E-state index < -0.39 is 12.1 Å². The van der Waals surface area contributed by atoms with Crippen molar-refractivity contribution < 1.29 is 19.4 Å². The van der Waals surface area contributed by atoms with Crippen molar-refractivity contribution in [1.29, 1.82) is 0 Å². The molecule has 0 saturated heterocycles. The lowest BCUT2D eigenvalue weighted by Gasteiger charge is -2.07. The lowest BCUT2D eigenvalue weighted by molar-refractivity contribution is 0.0697. The Labute approximate surface area is 108 Å². The van der Waals surface area contributed by atoms with Gasteiger partial charge < -0.3 is 9.84 Å². The summed E-state index contributed by atoms with van der Waals surface area (Å²) < 4.78 is 4.97. The van der Waals surface area contributed by atoms with Gasteiger partial charge in [-0.1, -0.05) is 18.2 Å². The first-order chi connectivity index (χ1) is 9.16. The van der Waals surface area contributed by atoms with Gasteiger partial charge in [0.05, 0.1) is 0 Å². The number of carboxylic acids is 1. The molecule has 2 N–H and O–H groups in total. The van der Waals surface area contributed by atoms with Gasteiger partial charge in [-0.05, 0) is 24.3 Å². The van der Waals surface area contributed by atoms with Crippen LogP contribution in [0.3, 0.4) is 0 Å². The molecule has 1 aromatic carbocycles. The van der Waals surface area contributed by atoms with E-state index in [4.69, 9.17) is 9.84 Å². The molecular weight excluding hydrogens is 248 g/mol. The number of hydrogen-bond donors (Lipinski definition) is 2. The van der Waals surface area contributed by atoms with Crippen molar-refractivity contribution in [1.82, 2.24) is 4.98 Å². The van der Waals surface area contributed by atoms with E-state index in [1.807, 2.05) is 0 Å². The minimum Gasteiger partial charge on any atom is -0.478 e. The van der Waals surface area contributed by atoms with Crippen molar-refractivity contribution in [3.8, 4) is 5.75 Å². The zero-order chi connectivity index (χ0) is 13.7. The van der Waals surface area contributed by atoms with Gasteiger partial charge in [0.2, 0.25) is 0 Å². The first kappa shape index (κ1) is 12.6. The monoisotopic (exact) mass is 258 g/mol. The number of nitrogens with one attached hydrogen (secondary N) is 1. The van der Waals surface area contributed by atoms with Crippen LogP contribution in [-0.4, -0.2) is 22.2 Å². The molecule has 0 spiro atoms. The fourth-order valence-corrected chi connectivity index (χ4v) is 1.40. The molecule has 1 amide bonds. The van der Waals surface area contributed by atoms with Crippen LogP contribution in [0.2, 0.25) is 0 Å². The Morgan fingerprint density at radius 1 is 1.11 bits per heavy atom. The van der Waals surface area contributed by atoms with Crippen molar-refractivity contribution in [3.05, 3.63) is 54.2 Å². The molecule has 2 aromatic rings. The summed E-state index contributed by atoms with van der Waals surface area (Å²) in [4.78, 5) is 26.3. The summed E-state index contributed by atoms with van der Waals surface area (Å²) in [7, 11) is 0. The van der Waals surface area contributed by atoms with E-state index in [1.54, 1.807) is 30.3 Å². The Bertz CT molecular complexity index is 599. The number of aromatic carboxylic acids is 1. The van der Waals surface area contributed by atoms with Gasteiger partial charge in [0.15, 0.2) is 0 Å². The summed E-state index contributed by atoms with van der Waals surface area (Å²) in [6.07, 6.45) is 0.581. The van der Waals surface area contributed by atoms with Crippen molar-refractivity contribution in [2.24, 2.45) is 0 Å². The van der Waals surface area contributed by atoms with Crippen LogP contribution < -0.4 is 10.1 Å². The molecule has 0 aliphatic heterocycles. The van der Waals surface area contributed by atoms with Crippen LogP contribution in [0.15, 0.2) is 48.7 Å². The molecular formula is C13H10N2O4. The van der Waals surface area contributed by atoms with Gasteiger partial charge in [0.25, 0.3) is 0 Å². The second-order valence-electron chi connectivity index (χ2n) is 3.53. The number of ether oxygens (including phenoxy) is 1. The number of anilines is 1. The Hall–Kier alpha value is -2.89. The highest BCUT2D eigenvalue weighted by Gasteiger charge is 2.14. The molecule has 1 heterocycles. The number of aromatic nitrogens is 1. The highest BCUT2D eigenvalue weighted by atomic mass is 16.6. The molecule has 0 radical (unpaired) electrons. The maximum absolute atomic E-state index is 11.6. The Kier molecular flexibility index (Phi) is 3.72. The number of rotatable bonds is 3. The molecule has 6 nitrogen and oxygen atoms in total. The van der Waals surface area contributed by atoms with E-state index in [-0.39, 0.29) is 11.4 Å². The molecule has 2 rings (SSSR count). The van der Waals surface area contributed by atoms with E-state index in [0.29, 0.717) is 5.75 Å². The van der Waals surface area contributed by atoms with E-state index in [0.717, 1.165) is 0 Å². The van der Waals surface area contributed by atoms with Gasteiger partial charge in [-0.3, -0.25) is 5.32 Å². The molecule has 96 valence electrons. The predicted octanol–water partition coefficient (Wildman–Crippen LogP) is 2.39. The number of hydrogen-bond acceptors (Lipinski definition) is 4. The molecule has 0 atom stereocenters. The summed E-state index contributed by atoms with van der Waals surface area (Å²) in [5.41, 5.74) is -0.104. The van der Waals surface area contributed by atoms with Crippen LogP contribution >= 0.6 is 0 Å². The average molecular weight is 258 g/mol. The van der Waals surface area contributed by atoms with Gasteiger partial charge in [0, 0.05) is 6.20 Å². The number of carbonyl (C=O) groups excluding carboxylic acids is 1. The van der Waals surface area contributed by atoms with Crippen molar-refractivity contribution in [2.45, 2.75) is 0 Å². The normalized spacial score (nSPS) is 9.68. The number of pyridine rings is 1. The van der Waals surface area contributed by atoms with Gasteiger partial charge >= 0.3 is 12.1 Å². The zero-order valence-electron chi connectivity index (χ0n) is 9.74. The first-order valence-corrected chi connectivity index (χ1v) is 5.39. The zero-order valence-corrected chi connectivity index (χ0v) is 9.74. The Balaban J connectivity index is 2.09. The third-order valence-electron chi connectivity index (χ3n) is 2.21. The molecule has 19 heavy (non-hydrogen) atoms. The highest BCUT2D eigenvalue weighted by molar-refractivity contribution is 5.97. The maximum atomic E-state index is 11.6. The summed E-state index contributed by atoms with van der Waals surface area (Å²) in [6, 6.07) is 11.2. The molecule has 0 fully saturated rings. The van der Waals surface area contributed by atoms with E-state index in [2.05, 4.69) is 10.3 Å². The number of amides is 1. The fraction of sp³-hybridized carbons (Fsp3) is 0. The van der Waals surface area contributed by atoms with Crippen LogP contribution in [0.4, 0.5) is 10.6 Å². The molecule has 0 saturated carbocycles. The SMILES string of the molecule is O=C(Nc1ncccc1C(=O)O)Oc1ccccc1. The summed E-state index contributed by atoms with van der Waals surface area (Å²) in [5, 5.41) is 11.2. The summed E-state index contributed by atoms with van der Waals surface area (Å²) in [6.45, 7) is 0. The summed E-state index contributed by atoms with van der Waals surface area (Å²) in [5.74, 6) is -0.883. The number of carbonyl (C=O) groups is 2. The van der Waals surface area contributed by atoms with Crippen LogP contribution in [0.25, 0.3) is 0 Å². The quantitative estimate of drug-likeness (QED) is 0.882. The largest absolute Gasteiger partial charge is 0.478 e. The van der Waals surface area contributed by atoms with Crippen molar-refractivity contribution in [2.75, 3.05) is 5.32 Å². The van der Waals surface area contributed by atoms with Gasteiger partial charge in [-0.25, -0.2) is 14.6 Å². The van der Waals surface area contributed by atoms with Crippen LogP contribution in [0.5, 0.6) is 5.75 Å². The third kappa shape index (κ3) is 3.29.